The maximum atomic E-state index is 3.91. The molecule has 1 aliphatic heterocycles. The summed E-state index contributed by atoms with van der Waals surface area (Å²) in [7, 11) is -1.27. The second kappa shape index (κ2) is 9.55. The number of benzene rings is 1. The molecule has 0 amide bonds. The topological polar surface area (TPSA) is 0 Å². The van der Waals surface area contributed by atoms with Gasteiger partial charge in [0.2, 0.25) is 0 Å². The molecule has 3 rings (SSSR count). The first kappa shape index (κ1) is 19.4. The molecule has 2 fully saturated rings. The lowest BCUT2D eigenvalue weighted by molar-refractivity contribution is 0.184. The molecule has 1 saturated carbocycles. The van der Waals surface area contributed by atoms with Crippen LogP contribution in [0.4, 0.5) is 0 Å². The molecule has 25 heavy (non-hydrogen) atoms. The van der Waals surface area contributed by atoms with E-state index in [1.807, 2.05) is 0 Å². The smallest absolute Gasteiger partial charge is 0.0971 e. The van der Waals surface area contributed by atoms with E-state index < -0.39 is 8.07 Å². The number of halogens is 1. The SMILES string of the molecule is C=CCCCC1CCC(C2CC[Si](CBr)(c3ccccc3)CC2)CC1. The minimum atomic E-state index is -1.27. The molecule has 2 aliphatic rings. The number of rotatable bonds is 7. The van der Waals surface area contributed by atoms with E-state index in [1.165, 1.54) is 74.8 Å². The lowest BCUT2D eigenvalue weighted by atomic mass is 9.73. The van der Waals surface area contributed by atoms with Crippen molar-refractivity contribution >= 4 is 29.2 Å². The lowest BCUT2D eigenvalue weighted by Gasteiger charge is -2.42. The Labute approximate surface area is 164 Å². The molecule has 138 valence electrons. The summed E-state index contributed by atoms with van der Waals surface area (Å²) in [6.45, 7) is 3.86. The molecule has 0 atom stereocenters. The predicted octanol–water partition coefficient (Wildman–Crippen LogP) is 6.85. The Balaban J connectivity index is 1.49. The van der Waals surface area contributed by atoms with Crippen molar-refractivity contribution in [3.05, 3.63) is 43.0 Å². The molecule has 2 heteroatoms. The fraction of sp³-hybridized carbons (Fsp3) is 0.652. The van der Waals surface area contributed by atoms with Gasteiger partial charge in [0.15, 0.2) is 0 Å². The summed E-state index contributed by atoms with van der Waals surface area (Å²) in [5.74, 6) is 3.08. The van der Waals surface area contributed by atoms with E-state index in [-0.39, 0.29) is 0 Å². The minimum absolute atomic E-state index is 1.01. The van der Waals surface area contributed by atoms with Gasteiger partial charge in [0.1, 0.15) is 0 Å². The van der Waals surface area contributed by atoms with Gasteiger partial charge >= 0.3 is 0 Å². The van der Waals surface area contributed by atoms with E-state index >= 15 is 0 Å². The van der Waals surface area contributed by atoms with Crippen molar-refractivity contribution in [3.8, 4) is 0 Å². The van der Waals surface area contributed by atoms with E-state index in [0.29, 0.717) is 0 Å². The van der Waals surface area contributed by atoms with Gasteiger partial charge in [-0.2, -0.15) is 0 Å². The molecule has 0 nitrogen and oxygen atoms in total. The zero-order chi connectivity index (χ0) is 17.5. The van der Waals surface area contributed by atoms with Gasteiger partial charge in [-0.3, -0.25) is 0 Å². The molecule has 0 radical (unpaired) electrons. The molecule has 1 aromatic carbocycles. The van der Waals surface area contributed by atoms with E-state index in [9.17, 15) is 0 Å². The highest BCUT2D eigenvalue weighted by molar-refractivity contribution is 9.09. The van der Waals surface area contributed by atoms with Crippen molar-refractivity contribution in [2.24, 2.45) is 17.8 Å². The molecule has 0 N–H and O–H groups in total. The summed E-state index contributed by atoms with van der Waals surface area (Å²) in [5.41, 5.74) is 0. The summed E-state index contributed by atoms with van der Waals surface area (Å²) in [6.07, 6.45) is 15.1. The Morgan fingerprint density at radius 2 is 1.60 bits per heavy atom. The van der Waals surface area contributed by atoms with Crippen molar-refractivity contribution in [2.45, 2.75) is 69.9 Å². The van der Waals surface area contributed by atoms with Crippen LogP contribution in [-0.4, -0.2) is 13.0 Å². The Bertz CT molecular complexity index is 510. The van der Waals surface area contributed by atoms with E-state index in [0.717, 1.165) is 17.8 Å². The monoisotopic (exact) mass is 418 g/mol. The predicted molar refractivity (Wildman–Crippen MR) is 117 cm³/mol. The van der Waals surface area contributed by atoms with Gasteiger partial charge in [0.05, 0.1) is 8.07 Å². The van der Waals surface area contributed by atoms with Crippen LogP contribution in [0.3, 0.4) is 0 Å². The molecule has 1 aliphatic carbocycles. The standard InChI is InChI=1S/C23H35BrSi/c1-2-3-5-8-20-11-13-21(14-12-20)22-15-17-25(19-24,18-16-22)23-9-6-4-7-10-23/h2,4,6-7,9-10,20-22H,1,3,5,8,11-19H2. The number of unbranched alkanes of at least 4 members (excludes halogenated alkanes) is 1. The Hall–Kier alpha value is -0.343. The molecule has 0 unspecified atom stereocenters. The third-order valence-electron chi connectivity index (χ3n) is 7.21. The maximum Gasteiger partial charge on any atom is 0.0971 e. The van der Waals surface area contributed by atoms with Crippen molar-refractivity contribution < 1.29 is 0 Å². The van der Waals surface area contributed by atoms with Gasteiger partial charge in [-0.1, -0.05) is 102 Å². The molecule has 1 heterocycles. The van der Waals surface area contributed by atoms with Crippen LogP contribution in [0.1, 0.15) is 57.8 Å². The van der Waals surface area contributed by atoms with Gasteiger partial charge in [-0.25, -0.2) is 0 Å². The van der Waals surface area contributed by atoms with E-state index in [1.54, 1.807) is 5.19 Å². The Morgan fingerprint density at radius 3 is 2.20 bits per heavy atom. The number of hydrogen-bond donors (Lipinski definition) is 0. The minimum Gasteiger partial charge on any atom is -0.103 e. The van der Waals surface area contributed by atoms with Crippen LogP contribution >= 0.6 is 15.9 Å². The summed E-state index contributed by atoms with van der Waals surface area (Å²) >= 11 is 3.91. The third-order valence-corrected chi connectivity index (χ3v) is 15.0. The molecule has 1 saturated heterocycles. The van der Waals surface area contributed by atoms with Crippen molar-refractivity contribution in [1.82, 2.24) is 0 Å². The van der Waals surface area contributed by atoms with Crippen LogP contribution < -0.4 is 5.19 Å². The fourth-order valence-corrected chi connectivity index (χ4v) is 12.1. The number of alkyl halides is 1. The second-order valence-electron chi connectivity index (χ2n) is 8.62. The van der Waals surface area contributed by atoms with Crippen molar-refractivity contribution in [2.75, 3.05) is 4.95 Å². The largest absolute Gasteiger partial charge is 0.103 e. The normalized spacial score (nSPS) is 33.1. The van der Waals surface area contributed by atoms with Crippen LogP contribution in [-0.2, 0) is 0 Å². The molecule has 0 aromatic heterocycles. The molecular weight excluding hydrogens is 384 g/mol. The lowest BCUT2D eigenvalue weighted by Crippen LogP contribution is -2.52. The van der Waals surface area contributed by atoms with Crippen molar-refractivity contribution in [3.63, 3.8) is 0 Å². The first-order valence-electron chi connectivity index (χ1n) is 10.5. The van der Waals surface area contributed by atoms with Crippen LogP contribution in [0, 0.1) is 17.8 Å². The maximum absolute atomic E-state index is 3.91. The Kier molecular flexibility index (Phi) is 7.42. The molecule has 0 spiro atoms. The zero-order valence-corrected chi connectivity index (χ0v) is 18.4. The molecular formula is C23H35BrSi. The summed E-state index contributed by atoms with van der Waals surface area (Å²) < 4.78 is 0. The van der Waals surface area contributed by atoms with E-state index in [2.05, 4.69) is 58.9 Å². The first-order chi connectivity index (χ1) is 12.3. The highest BCUT2D eigenvalue weighted by atomic mass is 79.9. The van der Waals surface area contributed by atoms with Gasteiger partial charge < -0.3 is 0 Å². The van der Waals surface area contributed by atoms with Gasteiger partial charge in [-0.15, -0.1) is 6.58 Å². The number of allylic oxidation sites excluding steroid dienone is 1. The second-order valence-corrected chi connectivity index (χ2v) is 14.7. The zero-order valence-electron chi connectivity index (χ0n) is 15.8. The number of hydrogen-bond acceptors (Lipinski definition) is 0. The highest BCUT2D eigenvalue weighted by Crippen LogP contribution is 2.43. The molecule has 0 bridgehead atoms. The quantitative estimate of drug-likeness (QED) is 0.196. The summed E-state index contributed by atoms with van der Waals surface area (Å²) in [4.78, 5) is 1.26. The van der Waals surface area contributed by atoms with Gasteiger partial charge in [-0.05, 0) is 43.4 Å². The Morgan fingerprint density at radius 1 is 0.960 bits per heavy atom. The van der Waals surface area contributed by atoms with Gasteiger partial charge in [0.25, 0.3) is 0 Å². The van der Waals surface area contributed by atoms with Crippen LogP contribution in [0.2, 0.25) is 12.1 Å². The van der Waals surface area contributed by atoms with E-state index in [4.69, 9.17) is 0 Å². The van der Waals surface area contributed by atoms with Crippen LogP contribution in [0.5, 0.6) is 0 Å². The molecule has 1 aromatic rings. The summed E-state index contributed by atoms with van der Waals surface area (Å²) in [6, 6.07) is 14.5. The average Bonchev–Trinajstić information content (AvgIpc) is 2.69. The summed E-state index contributed by atoms with van der Waals surface area (Å²) in [5, 5.41) is 1.69. The first-order valence-corrected chi connectivity index (χ1v) is 14.2. The van der Waals surface area contributed by atoms with Crippen LogP contribution in [0.15, 0.2) is 43.0 Å². The van der Waals surface area contributed by atoms with Crippen LogP contribution in [0.25, 0.3) is 0 Å². The highest BCUT2D eigenvalue weighted by Gasteiger charge is 2.40. The van der Waals surface area contributed by atoms with Gasteiger partial charge in [0, 0.05) is 4.95 Å². The average molecular weight is 420 g/mol. The fourth-order valence-electron chi connectivity index (χ4n) is 5.45. The third kappa shape index (κ3) is 4.89. The van der Waals surface area contributed by atoms with Crippen molar-refractivity contribution in [1.29, 1.82) is 0 Å².